The second-order valence-corrected chi connectivity index (χ2v) is 25.9. The van der Waals surface area contributed by atoms with Crippen LogP contribution in [0.15, 0.2) is 12.2 Å². The van der Waals surface area contributed by atoms with E-state index in [0.29, 0.717) is 0 Å². The zero-order chi connectivity index (χ0) is 44.0. The normalized spacial score (nSPS) is 15.9. The number of esters is 2. The molecule has 0 fully saturated rings. The van der Waals surface area contributed by atoms with Crippen molar-refractivity contribution in [3.63, 3.8) is 0 Å². The maximum atomic E-state index is 14.1. The molecule has 0 atom stereocenters. The lowest BCUT2D eigenvalue weighted by molar-refractivity contribution is -0.474. The van der Waals surface area contributed by atoms with Crippen LogP contribution in [0.25, 0.3) is 0 Å². The van der Waals surface area contributed by atoms with Gasteiger partial charge in [0.2, 0.25) is 0 Å². The summed E-state index contributed by atoms with van der Waals surface area (Å²) >= 11 is 0. The molecule has 0 aliphatic heterocycles. The number of carbonyl (C=O) groups excluding carboxylic acids is 2. The highest BCUT2D eigenvalue weighted by Gasteiger charge is 2.96. The molecule has 0 spiro atoms. The Morgan fingerprint density at radius 1 is 0.463 bits per heavy atom. The van der Waals surface area contributed by atoms with Crippen molar-refractivity contribution >= 4 is 37.1 Å². The van der Waals surface area contributed by atoms with Gasteiger partial charge in [0, 0.05) is 25.0 Å². The van der Waals surface area contributed by atoms with E-state index >= 15 is 0 Å². The summed E-state index contributed by atoms with van der Waals surface area (Å²) in [5.41, 5.74) is 0. The van der Waals surface area contributed by atoms with Crippen molar-refractivity contribution < 1.29 is 119 Å². The van der Waals surface area contributed by atoms with Crippen LogP contribution in [0.3, 0.4) is 0 Å². The highest BCUT2D eigenvalue weighted by molar-refractivity contribution is 6.87. The number of hydrogen-bond acceptors (Lipinski definition) is 6. The molecule has 0 aliphatic carbocycles. The lowest BCUT2D eigenvalue weighted by Crippen LogP contribution is -2.76. The fourth-order valence-electron chi connectivity index (χ4n) is 3.84. The van der Waals surface area contributed by atoms with Crippen LogP contribution in [-0.2, 0) is 27.3 Å². The number of halogens is 21. The number of ether oxygens (including phenoxy) is 2. The largest absolute Gasteiger partial charge is 0.473 e. The van der Waals surface area contributed by atoms with Crippen LogP contribution < -0.4 is 0 Å². The van der Waals surface area contributed by atoms with Gasteiger partial charge in [-0.3, -0.25) is 0 Å². The maximum absolute atomic E-state index is 14.1. The van der Waals surface area contributed by atoms with E-state index in [0.717, 1.165) is 0 Å². The molecule has 0 aliphatic rings. The number of alkyl halides is 21. The molecule has 0 aromatic rings. The number of hydrogen-bond donors (Lipinski definition) is 0. The first-order valence-electron chi connectivity index (χ1n) is 14.1. The van der Waals surface area contributed by atoms with E-state index in [1.165, 1.54) is 6.55 Å². The standard InChI is InChI=1S/C24H29F21O6Si3/c1-52(2,3)50-54(7,51-53(4,5)6)12-48-13(46)8-9-14(47)49-24(44,45)23(42,43)22(40,41)21(38,39)20(36,37)19(34,35)18(32,33)17(30,31)15(25,26)10-11-16(27,28)29/h8-9H,10-12H2,1-7H3/b9-8+. The topological polar surface area (TPSA) is 71.1 Å². The van der Waals surface area contributed by atoms with Gasteiger partial charge in [0.1, 0.15) is 6.23 Å². The smallest absolute Gasteiger partial charge is 0.461 e. The lowest BCUT2D eigenvalue weighted by atomic mass is 9.86. The molecule has 0 amide bonds. The van der Waals surface area contributed by atoms with Gasteiger partial charge in [-0.2, -0.15) is 92.2 Å². The fourth-order valence-corrected chi connectivity index (χ4v) is 15.6. The fraction of sp³-hybridized carbons (Fsp3) is 0.833. The minimum Gasteiger partial charge on any atom is -0.461 e. The second-order valence-electron chi connectivity index (χ2n) is 13.3. The van der Waals surface area contributed by atoms with Crippen LogP contribution >= 0.6 is 0 Å². The van der Waals surface area contributed by atoms with Crippen LogP contribution in [0.2, 0.25) is 45.8 Å². The van der Waals surface area contributed by atoms with Gasteiger partial charge in [0.15, 0.2) is 16.6 Å². The summed E-state index contributed by atoms with van der Waals surface area (Å²) in [6.07, 6.45) is -22.1. The molecule has 0 bridgehead atoms. The summed E-state index contributed by atoms with van der Waals surface area (Å²) in [5, 5.41) is 0. The zero-order valence-electron chi connectivity index (χ0n) is 28.2. The van der Waals surface area contributed by atoms with Gasteiger partial charge in [-0.25, -0.2) is 9.59 Å². The molecule has 0 aromatic carbocycles. The van der Waals surface area contributed by atoms with E-state index in [1.54, 1.807) is 39.3 Å². The second kappa shape index (κ2) is 15.3. The summed E-state index contributed by atoms with van der Waals surface area (Å²) in [7, 11) is -8.33. The van der Waals surface area contributed by atoms with E-state index in [-0.39, 0.29) is 6.08 Å². The Kier molecular flexibility index (Phi) is 14.6. The third-order valence-electron chi connectivity index (χ3n) is 6.02. The molecule has 0 radical (unpaired) electrons. The first-order chi connectivity index (χ1) is 23.1. The van der Waals surface area contributed by atoms with Crippen molar-refractivity contribution in [3.05, 3.63) is 12.2 Å². The summed E-state index contributed by atoms with van der Waals surface area (Å²) in [6, 6.07) is 0. The zero-order valence-corrected chi connectivity index (χ0v) is 31.2. The van der Waals surface area contributed by atoms with Crippen molar-refractivity contribution in [2.75, 3.05) is 6.23 Å². The molecule has 0 saturated carbocycles. The first kappa shape index (κ1) is 51.8. The van der Waals surface area contributed by atoms with Crippen molar-refractivity contribution in [1.82, 2.24) is 0 Å². The van der Waals surface area contributed by atoms with Crippen LogP contribution in [0.5, 0.6) is 0 Å². The van der Waals surface area contributed by atoms with Crippen molar-refractivity contribution in [1.29, 1.82) is 0 Å². The molecule has 6 nitrogen and oxygen atoms in total. The summed E-state index contributed by atoms with van der Waals surface area (Å²) in [4.78, 5) is 23.6. The van der Waals surface area contributed by atoms with Gasteiger partial charge in [-0.15, -0.1) is 0 Å². The van der Waals surface area contributed by atoms with E-state index < -0.39 is 122 Å². The predicted octanol–water partition coefficient (Wildman–Crippen LogP) is 9.96. The molecule has 0 rings (SSSR count). The molecule has 0 saturated heterocycles. The van der Waals surface area contributed by atoms with E-state index in [2.05, 4.69) is 4.74 Å². The third-order valence-corrected chi connectivity index (χ3v) is 15.0. The number of rotatable bonds is 19. The summed E-state index contributed by atoms with van der Waals surface area (Å²) in [6.45, 7) is 11.4. The van der Waals surface area contributed by atoms with Gasteiger partial charge < -0.3 is 17.7 Å². The molecule has 54 heavy (non-hydrogen) atoms. The molecule has 0 N–H and O–H groups in total. The molecular formula is C24H29F21O6Si3. The Morgan fingerprint density at radius 3 is 1.11 bits per heavy atom. The highest BCUT2D eigenvalue weighted by Crippen LogP contribution is 2.65. The molecule has 30 heteroatoms. The molecule has 320 valence electrons. The van der Waals surface area contributed by atoms with E-state index in [1.807, 2.05) is 0 Å². The Morgan fingerprint density at radius 2 is 0.778 bits per heavy atom. The average Bonchev–Trinajstić information content (AvgIpc) is 2.90. The number of carbonyl (C=O) groups is 2. The van der Waals surface area contributed by atoms with Gasteiger partial charge in [-0.05, 0) is 45.8 Å². The molecular weight excluding hydrogens is 867 g/mol. The predicted molar refractivity (Wildman–Crippen MR) is 146 cm³/mol. The van der Waals surface area contributed by atoms with Crippen LogP contribution in [0.4, 0.5) is 92.2 Å². The average molecular weight is 897 g/mol. The van der Waals surface area contributed by atoms with Crippen molar-refractivity contribution in [2.45, 2.75) is 118 Å². The van der Waals surface area contributed by atoms with Crippen LogP contribution in [-0.4, -0.2) is 103 Å². The van der Waals surface area contributed by atoms with Gasteiger partial charge in [-0.1, -0.05) is 0 Å². The minimum atomic E-state index is -9.19. The van der Waals surface area contributed by atoms with Gasteiger partial charge in [0.05, 0.1) is 0 Å². The quantitative estimate of drug-likeness (QED) is 0.0557. The molecule has 0 heterocycles. The Bertz CT molecular complexity index is 1350. The summed E-state index contributed by atoms with van der Waals surface area (Å²) in [5.74, 6) is -74.0. The monoisotopic (exact) mass is 896 g/mol. The van der Waals surface area contributed by atoms with Crippen LogP contribution in [0.1, 0.15) is 12.8 Å². The van der Waals surface area contributed by atoms with E-state index in [9.17, 15) is 102 Å². The SMILES string of the molecule is C[Si](C)(C)O[Si](C)(COC(=O)/C=C/C(=O)OC(F)(F)C(F)(F)C(F)(F)C(F)(F)C(F)(F)C(F)(F)C(F)(F)C(F)(F)C(F)(F)CCC(F)(F)F)O[Si](C)(C)C. The highest BCUT2D eigenvalue weighted by atomic mass is 28.5. The Labute approximate surface area is 293 Å². The molecule has 0 unspecified atom stereocenters. The first-order valence-corrected chi connectivity index (χ1v) is 23.4. The maximum Gasteiger partial charge on any atom is 0.473 e. The van der Waals surface area contributed by atoms with Crippen molar-refractivity contribution in [3.8, 4) is 0 Å². The van der Waals surface area contributed by atoms with Crippen LogP contribution in [0, 0.1) is 0 Å². The van der Waals surface area contributed by atoms with Crippen molar-refractivity contribution in [2.24, 2.45) is 0 Å². The third kappa shape index (κ3) is 10.8. The van der Waals surface area contributed by atoms with E-state index in [4.69, 9.17) is 13.0 Å². The summed E-state index contributed by atoms with van der Waals surface area (Å²) < 4.78 is 306. The lowest BCUT2D eigenvalue weighted by Gasteiger charge is -2.44. The van der Waals surface area contributed by atoms with Gasteiger partial charge >= 0.3 is 80.2 Å². The minimum absolute atomic E-state index is 0.247. The Balaban J connectivity index is 6.47. The molecule has 0 aromatic heterocycles. The Hall–Kier alpha value is -2.22. The van der Waals surface area contributed by atoms with Gasteiger partial charge in [0.25, 0.3) is 0 Å².